The maximum atomic E-state index is 11.8. The quantitative estimate of drug-likeness (QED) is 0.782. The molecule has 1 aliphatic rings. The van der Waals surface area contributed by atoms with Crippen LogP contribution in [0.2, 0.25) is 0 Å². The van der Waals surface area contributed by atoms with Crippen LogP contribution in [0.1, 0.15) is 44.2 Å². The molecule has 1 atom stereocenters. The summed E-state index contributed by atoms with van der Waals surface area (Å²) in [7, 11) is 0. The Morgan fingerprint density at radius 3 is 2.82 bits per heavy atom. The van der Waals surface area contributed by atoms with Gasteiger partial charge in [-0.1, -0.05) is 19.4 Å². The Morgan fingerprint density at radius 2 is 2.09 bits per heavy atom. The molecule has 1 saturated heterocycles. The van der Waals surface area contributed by atoms with Crippen LogP contribution in [0.5, 0.6) is 0 Å². The van der Waals surface area contributed by atoms with Gasteiger partial charge in [0.1, 0.15) is 5.58 Å². The minimum atomic E-state index is -0.244. The van der Waals surface area contributed by atoms with Crippen molar-refractivity contribution in [2.45, 2.75) is 52.1 Å². The molecule has 1 unspecified atom stereocenters. The van der Waals surface area contributed by atoms with Gasteiger partial charge in [-0.05, 0) is 56.0 Å². The van der Waals surface area contributed by atoms with E-state index in [9.17, 15) is 4.79 Å². The fraction of sp³-hybridized carbons (Fsp3) is 0.500. The van der Waals surface area contributed by atoms with Gasteiger partial charge in [0.2, 0.25) is 0 Å². The molecule has 0 spiro atoms. The zero-order chi connectivity index (χ0) is 14.8. The van der Waals surface area contributed by atoms with Crippen LogP contribution in [-0.2, 0) is 13.0 Å². The van der Waals surface area contributed by atoms with Crippen molar-refractivity contribution in [3.8, 4) is 0 Å². The van der Waals surface area contributed by atoms with Crippen molar-refractivity contribution in [2.75, 3.05) is 6.54 Å². The zero-order valence-corrected chi connectivity index (χ0v) is 14.0. The molecule has 0 aliphatic carbocycles. The smallest absolute Gasteiger partial charge is 0.336 e. The van der Waals surface area contributed by atoms with Crippen molar-refractivity contribution in [3.63, 3.8) is 0 Å². The summed E-state index contributed by atoms with van der Waals surface area (Å²) in [6, 6.07) is 8.40. The minimum absolute atomic E-state index is 0. The molecular weight excluding hydrogens is 298 g/mol. The lowest BCUT2D eigenvalue weighted by Crippen LogP contribution is -3.00. The second kappa shape index (κ2) is 7.30. The molecule has 22 heavy (non-hydrogen) atoms. The highest BCUT2D eigenvalue weighted by Crippen LogP contribution is 2.24. The number of halogens is 1. The van der Waals surface area contributed by atoms with Crippen LogP contribution >= 0.6 is 0 Å². The Bertz CT molecular complexity index is 695. The minimum Gasteiger partial charge on any atom is -1.00 e. The van der Waals surface area contributed by atoms with E-state index in [1.807, 2.05) is 12.1 Å². The van der Waals surface area contributed by atoms with E-state index in [1.54, 1.807) is 6.07 Å². The lowest BCUT2D eigenvalue weighted by molar-refractivity contribution is -0.00000503. The molecule has 0 amide bonds. The first-order valence-corrected chi connectivity index (χ1v) is 7.97. The molecular formula is C18H23ClNO2-. The zero-order valence-electron chi connectivity index (χ0n) is 13.3. The Balaban J connectivity index is 0.00000176. The molecule has 1 aromatic carbocycles. The summed E-state index contributed by atoms with van der Waals surface area (Å²) >= 11 is 0. The molecule has 0 saturated carbocycles. The van der Waals surface area contributed by atoms with Crippen LogP contribution < -0.4 is 18.0 Å². The molecule has 3 nitrogen and oxygen atoms in total. The van der Waals surface area contributed by atoms with E-state index < -0.39 is 0 Å². The van der Waals surface area contributed by atoms with E-state index in [0.29, 0.717) is 11.6 Å². The third kappa shape index (κ3) is 3.53. The molecule has 0 bridgehead atoms. The lowest BCUT2D eigenvalue weighted by atomic mass is 10.0. The van der Waals surface area contributed by atoms with E-state index in [4.69, 9.17) is 4.42 Å². The SMILES string of the molecule is CCc1ccc2oc(=O)cc(CN3CCCCC3C)c2c1.[Cl-]. The number of aryl methyl sites for hydroxylation is 1. The summed E-state index contributed by atoms with van der Waals surface area (Å²) < 4.78 is 5.34. The van der Waals surface area contributed by atoms with Gasteiger partial charge in [-0.3, -0.25) is 4.90 Å². The van der Waals surface area contributed by atoms with Crippen LogP contribution in [0, 0.1) is 0 Å². The maximum Gasteiger partial charge on any atom is 0.336 e. The summed E-state index contributed by atoms with van der Waals surface area (Å²) in [6.45, 7) is 6.39. The Kier molecular flexibility index (Phi) is 5.65. The van der Waals surface area contributed by atoms with Crippen LogP contribution in [0.4, 0.5) is 0 Å². The third-order valence-electron chi connectivity index (χ3n) is 4.61. The predicted molar refractivity (Wildman–Crippen MR) is 85.6 cm³/mol. The Labute approximate surface area is 137 Å². The Hall–Kier alpha value is -1.32. The van der Waals surface area contributed by atoms with Crippen molar-refractivity contribution < 1.29 is 16.8 Å². The largest absolute Gasteiger partial charge is 1.00 e. The van der Waals surface area contributed by atoms with Gasteiger partial charge in [-0.25, -0.2) is 4.79 Å². The number of hydrogen-bond acceptors (Lipinski definition) is 3. The molecule has 1 aromatic heterocycles. The van der Waals surface area contributed by atoms with E-state index in [0.717, 1.165) is 30.5 Å². The number of fused-ring (bicyclic) bond motifs is 1. The third-order valence-corrected chi connectivity index (χ3v) is 4.61. The first-order valence-electron chi connectivity index (χ1n) is 7.97. The van der Waals surface area contributed by atoms with Gasteiger partial charge in [0.05, 0.1) is 0 Å². The topological polar surface area (TPSA) is 33.5 Å². The highest BCUT2D eigenvalue weighted by molar-refractivity contribution is 5.80. The van der Waals surface area contributed by atoms with Crippen molar-refractivity contribution in [1.82, 2.24) is 4.90 Å². The van der Waals surface area contributed by atoms with Crippen molar-refractivity contribution >= 4 is 11.0 Å². The highest BCUT2D eigenvalue weighted by Gasteiger charge is 2.19. The van der Waals surface area contributed by atoms with Crippen molar-refractivity contribution in [2.24, 2.45) is 0 Å². The fourth-order valence-corrected chi connectivity index (χ4v) is 3.24. The first kappa shape index (κ1) is 17.0. The molecule has 1 fully saturated rings. The van der Waals surface area contributed by atoms with Crippen LogP contribution in [0.3, 0.4) is 0 Å². The van der Waals surface area contributed by atoms with Gasteiger partial charge in [-0.2, -0.15) is 0 Å². The summed E-state index contributed by atoms with van der Waals surface area (Å²) in [6.07, 6.45) is 4.81. The fourth-order valence-electron chi connectivity index (χ4n) is 3.24. The first-order chi connectivity index (χ1) is 10.2. The summed E-state index contributed by atoms with van der Waals surface area (Å²) in [4.78, 5) is 14.3. The van der Waals surface area contributed by atoms with Gasteiger partial charge in [0.25, 0.3) is 0 Å². The van der Waals surface area contributed by atoms with Gasteiger partial charge in [0.15, 0.2) is 0 Å². The van der Waals surface area contributed by atoms with E-state index >= 15 is 0 Å². The van der Waals surface area contributed by atoms with E-state index in [2.05, 4.69) is 24.8 Å². The molecule has 4 heteroatoms. The van der Waals surface area contributed by atoms with Gasteiger partial charge < -0.3 is 16.8 Å². The normalized spacial score (nSPS) is 19.1. The predicted octanol–water partition coefficient (Wildman–Crippen LogP) is 0.734. The molecule has 2 heterocycles. The molecule has 2 aromatic rings. The highest BCUT2D eigenvalue weighted by atomic mass is 35.5. The number of hydrogen-bond donors (Lipinski definition) is 0. The van der Waals surface area contributed by atoms with Crippen molar-refractivity contribution in [1.29, 1.82) is 0 Å². The molecule has 0 radical (unpaired) electrons. The van der Waals surface area contributed by atoms with E-state index in [-0.39, 0.29) is 18.0 Å². The van der Waals surface area contributed by atoms with Gasteiger partial charge >= 0.3 is 5.63 Å². The number of nitrogens with zero attached hydrogens (tertiary/aromatic N) is 1. The van der Waals surface area contributed by atoms with Crippen molar-refractivity contribution in [3.05, 3.63) is 45.8 Å². The summed E-state index contributed by atoms with van der Waals surface area (Å²) in [5, 5.41) is 1.09. The molecule has 0 N–H and O–H groups in total. The van der Waals surface area contributed by atoms with Gasteiger partial charge in [0, 0.05) is 24.0 Å². The lowest BCUT2D eigenvalue weighted by Gasteiger charge is -2.33. The van der Waals surface area contributed by atoms with Crippen LogP contribution in [-0.4, -0.2) is 17.5 Å². The van der Waals surface area contributed by atoms with Crippen LogP contribution in [0.15, 0.2) is 33.5 Å². The number of piperidine rings is 1. The second-order valence-corrected chi connectivity index (χ2v) is 6.09. The molecule has 3 rings (SSSR count). The molecule has 120 valence electrons. The maximum absolute atomic E-state index is 11.8. The number of rotatable bonds is 3. The standard InChI is InChI=1S/C18H23NO2.ClH/c1-3-14-7-8-17-16(10-14)15(11-18(20)21-17)12-19-9-5-4-6-13(19)2;/h7-8,10-11,13H,3-6,9,12H2,1-2H3;1H/p-1. The summed E-state index contributed by atoms with van der Waals surface area (Å²) in [5.74, 6) is 0. The monoisotopic (exact) mass is 320 g/mol. The summed E-state index contributed by atoms with van der Waals surface area (Å²) in [5.41, 5.74) is 2.85. The number of benzene rings is 1. The van der Waals surface area contributed by atoms with Gasteiger partial charge in [-0.15, -0.1) is 0 Å². The molecule has 1 aliphatic heterocycles. The Morgan fingerprint density at radius 1 is 1.27 bits per heavy atom. The van der Waals surface area contributed by atoms with E-state index in [1.165, 1.54) is 24.8 Å². The average Bonchev–Trinajstić information content (AvgIpc) is 2.49. The average molecular weight is 321 g/mol. The number of likely N-dealkylation sites (tertiary alicyclic amines) is 1. The van der Waals surface area contributed by atoms with Crippen LogP contribution in [0.25, 0.3) is 11.0 Å². The second-order valence-electron chi connectivity index (χ2n) is 6.09.